The van der Waals surface area contributed by atoms with E-state index in [1.165, 1.54) is 6.08 Å². The van der Waals surface area contributed by atoms with Crippen LogP contribution >= 0.6 is 0 Å². The molecule has 1 aromatic rings. The third-order valence-electron chi connectivity index (χ3n) is 5.07. The first-order valence-electron chi connectivity index (χ1n) is 9.25. The van der Waals surface area contributed by atoms with E-state index in [1.54, 1.807) is 20.3 Å². The molecule has 1 aliphatic carbocycles. The minimum atomic E-state index is -0.513. The Morgan fingerprint density at radius 1 is 1.25 bits per heavy atom. The second-order valence-electron chi connectivity index (χ2n) is 6.77. The quantitative estimate of drug-likeness (QED) is 0.600. The van der Waals surface area contributed by atoms with Crippen LogP contribution in [0.3, 0.4) is 0 Å². The van der Waals surface area contributed by atoms with E-state index >= 15 is 0 Å². The molecular weight excluding hydrogens is 358 g/mol. The van der Waals surface area contributed by atoms with Gasteiger partial charge in [-0.25, -0.2) is 4.79 Å². The van der Waals surface area contributed by atoms with E-state index in [9.17, 15) is 9.59 Å². The second-order valence-corrected chi connectivity index (χ2v) is 6.77. The summed E-state index contributed by atoms with van der Waals surface area (Å²) in [6, 6.07) is 5.46. The SMILES string of the molecule is C=CCOC(=O)C1=C(C)NC2=C(C(=O)CCC2)[C@H]1c1ccc(OC)c(OC)c1. The Kier molecular flexibility index (Phi) is 5.87. The molecule has 1 aromatic carbocycles. The Bertz CT molecular complexity index is 881. The smallest absolute Gasteiger partial charge is 0.337 e. The highest BCUT2D eigenvalue weighted by molar-refractivity contribution is 6.03. The topological polar surface area (TPSA) is 73.9 Å². The van der Waals surface area contributed by atoms with E-state index in [2.05, 4.69) is 11.9 Å². The van der Waals surface area contributed by atoms with Gasteiger partial charge in [-0.3, -0.25) is 4.79 Å². The maximum absolute atomic E-state index is 12.9. The van der Waals surface area contributed by atoms with Gasteiger partial charge in [-0.15, -0.1) is 0 Å². The number of benzene rings is 1. The summed E-state index contributed by atoms with van der Waals surface area (Å²) in [5, 5.41) is 3.26. The van der Waals surface area contributed by atoms with Crippen LogP contribution in [0.2, 0.25) is 0 Å². The zero-order valence-electron chi connectivity index (χ0n) is 16.5. The zero-order chi connectivity index (χ0) is 20.3. The average Bonchev–Trinajstić information content (AvgIpc) is 2.70. The molecule has 0 fully saturated rings. The summed E-state index contributed by atoms with van der Waals surface area (Å²) in [6.07, 6.45) is 3.56. The van der Waals surface area contributed by atoms with Crippen molar-refractivity contribution in [2.24, 2.45) is 0 Å². The van der Waals surface area contributed by atoms with Crippen molar-refractivity contribution in [2.45, 2.75) is 32.1 Å². The van der Waals surface area contributed by atoms with Gasteiger partial charge in [0.1, 0.15) is 6.61 Å². The van der Waals surface area contributed by atoms with Gasteiger partial charge in [0.2, 0.25) is 0 Å². The minimum absolute atomic E-state index is 0.0510. The molecule has 0 radical (unpaired) electrons. The fourth-order valence-electron chi connectivity index (χ4n) is 3.83. The molecular formula is C22H25NO5. The Balaban J connectivity index is 2.15. The highest BCUT2D eigenvalue weighted by Gasteiger charge is 2.39. The fourth-order valence-corrected chi connectivity index (χ4v) is 3.83. The number of rotatable bonds is 6. The Morgan fingerprint density at radius 3 is 2.68 bits per heavy atom. The third-order valence-corrected chi connectivity index (χ3v) is 5.07. The number of Topliss-reactive ketones (excluding diaryl/α,β-unsaturated/α-hetero) is 1. The molecule has 0 bridgehead atoms. The molecule has 1 heterocycles. The van der Waals surface area contributed by atoms with Crippen molar-refractivity contribution in [1.29, 1.82) is 0 Å². The van der Waals surface area contributed by atoms with Gasteiger partial charge in [0.25, 0.3) is 0 Å². The van der Waals surface area contributed by atoms with E-state index in [1.807, 2.05) is 19.1 Å². The first-order valence-corrected chi connectivity index (χ1v) is 9.25. The maximum atomic E-state index is 12.9. The van der Waals surface area contributed by atoms with Crippen molar-refractivity contribution in [3.8, 4) is 11.5 Å². The first kappa shape index (κ1) is 19.7. The molecule has 0 saturated carbocycles. The van der Waals surface area contributed by atoms with Crippen molar-refractivity contribution in [3.05, 3.63) is 59.0 Å². The maximum Gasteiger partial charge on any atom is 0.337 e. The molecule has 3 rings (SSSR count). The summed E-state index contributed by atoms with van der Waals surface area (Å²) in [7, 11) is 3.12. The van der Waals surface area contributed by atoms with Crippen LogP contribution in [0.25, 0.3) is 0 Å². The lowest BCUT2D eigenvalue weighted by Gasteiger charge is -2.34. The van der Waals surface area contributed by atoms with Crippen LogP contribution in [0.5, 0.6) is 11.5 Å². The monoisotopic (exact) mass is 383 g/mol. The van der Waals surface area contributed by atoms with Crippen LogP contribution in [-0.2, 0) is 14.3 Å². The van der Waals surface area contributed by atoms with Crippen molar-refractivity contribution < 1.29 is 23.8 Å². The van der Waals surface area contributed by atoms with Crippen LogP contribution in [-0.4, -0.2) is 32.6 Å². The number of hydrogen-bond acceptors (Lipinski definition) is 6. The predicted molar refractivity (Wildman–Crippen MR) is 105 cm³/mol. The molecule has 1 aliphatic heterocycles. The van der Waals surface area contributed by atoms with E-state index in [4.69, 9.17) is 14.2 Å². The van der Waals surface area contributed by atoms with Gasteiger partial charge < -0.3 is 19.5 Å². The fraction of sp³-hybridized carbons (Fsp3) is 0.364. The van der Waals surface area contributed by atoms with Gasteiger partial charge in [-0.2, -0.15) is 0 Å². The largest absolute Gasteiger partial charge is 0.493 e. The van der Waals surface area contributed by atoms with Crippen molar-refractivity contribution in [1.82, 2.24) is 5.32 Å². The van der Waals surface area contributed by atoms with Gasteiger partial charge in [0.15, 0.2) is 17.3 Å². The number of methoxy groups -OCH3 is 2. The normalized spacial score (nSPS) is 19.0. The summed E-state index contributed by atoms with van der Waals surface area (Å²) in [5.74, 6) is 0.201. The van der Waals surface area contributed by atoms with Gasteiger partial charge in [0.05, 0.1) is 19.8 Å². The van der Waals surface area contributed by atoms with Crippen molar-refractivity contribution >= 4 is 11.8 Å². The summed E-state index contributed by atoms with van der Waals surface area (Å²) in [6.45, 7) is 5.53. The molecule has 28 heavy (non-hydrogen) atoms. The van der Waals surface area contributed by atoms with E-state index in [0.29, 0.717) is 34.8 Å². The van der Waals surface area contributed by atoms with Gasteiger partial charge in [-0.1, -0.05) is 18.7 Å². The molecule has 1 atom stereocenters. The lowest BCUT2D eigenvalue weighted by Crippen LogP contribution is -2.34. The van der Waals surface area contributed by atoms with Crippen LogP contribution in [0, 0.1) is 0 Å². The summed E-state index contributed by atoms with van der Waals surface area (Å²) in [4.78, 5) is 25.7. The molecule has 0 aromatic heterocycles. The molecule has 1 N–H and O–H groups in total. The number of esters is 1. The lowest BCUT2D eigenvalue weighted by molar-refractivity contribution is -0.138. The molecule has 0 saturated heterocycles. The Hall–Kier alpha value is -3.02. The molecule has 6 nitrogen and oxygen atoms in total. The lowest BCUT2D eigenvalue weighted by atomic mass is 9.75. The minimum Gasteiger partial charge on any atom is -0.493 e. The molecule has 0 amide bonds. The number of carbonyl (C=O) groups excluding carboxylic acids is 2. The third kappa shape index (κ3) is 3.54. The standard InChI is InChI=1S/C22H25NO5/c1-5-11-28-22(25)19-13(2)23-15-7-6-8-16(24)21(15)20(19)14-9-10-17(26-3)18(12-14)27-4/h5,9-10,12,20,23H,1,6-8,11H2,2-4H3/t20-/m0/s1. The predicted octanol–water partition coefficient (Wildman–Crippen LogP) is 3.40. The highest BCUT2D eigenvalue weighted by Crippen LogP contribution is 2.44. The van der Waals surface area contributed by atoms with Gasteiger partial charge in [-0.05, 0) is 37.5 Å². The van der Waals surface area contributed by atoms with E-state index < -0.39 is 11.9 Å². The average molecular weight is 383 g/mol. The number of hydrogen-bond donors (Lipinski definition) is 1. The number of carbonyl (C=O) groups is 2. The van der Waals surface area contributed by atoms with Crippen LogP contribution in [0.4, 0.5) is 0 Å². The van der Waals surface area contributed by atoms with Crippen LogP contribution in [0.1, 0.15) is 37.7 Å². The van der Waals surface area contributed by atoms with Gasteiger partial charge in [0, 0.05) is 29.3 Å². The highest BCUT2D eigenvalue weighted by atomic mass is 16.5. The Labute approximate surface area is 164 Å². The molecule has 2 aliphatic rings. The molecule has 0 spiro atoms. The Morgan fingerprint density at radius 2 is 2.00 bits per heavy atom. The summed E-state index contributed by atoms with van der Waals surface area (Å²) in [5.41, 5.74) is 3.43. The van der Waals surface area contributed by atoms with Crippen molar-refractivity contribution in [3.63, 3.8) is 0 Å². The first-order chi connectivity index (χ1) is 13.5. The van der Waals surface area contributed by atoms with Crippen molar-refractivity contribution in [2.75, 3.05) is 20.8 Å². The number of nitrogens with one attached hydrogen (secondary N) is 1. The summed E-state index contributed by atoms with van der Waals surface area (Å²) < 4.78 is 16.1. The summed E-state index contributed by atoms with van der Waals surface area (Å²) >= 11 is 0. The number of allylic oxidation sites excluding steroid dienone is 3. The van der Waals surface area contributed by atoms with Gasteiger partial charge >= 0.3 is 5.97 Å². The number of dihydropyridines is 1. The second kappa shape index (κ2) is 8.33. The molecule has 148 valence electrons. The molecule has 0 unspecified atom stereocenters. The van der Waals surface area contributed by atoms with Crippen LogP contribution in [0.15, 0.2) is 53.4 Å². The zero-order valence-corrected chi connectivity index (χ0v) is 16.5. The molecule has 6 heteroatoms. The number of ketones is 1. The number of ether oxygens (including phenoxy) is 3. The van der Waals surface area contributed by atoms with Crippen LogP contribution < -0.4 is 14.8 Å². The van der Waals surface area contributed by atoms with E-state index in [0.717, 1.165) is 24.1 Å². The van der Waals surface area contributed by atoms with E-state index in [-0.39, 0.29) is 12.4 Å².